The molecule has 2 aromatic carbocycles. The van der Waals surface area contributed by atoms with Gasteiger partial charge in [-0.1, -0.05) is 12.1 Å². The number of aliphatic hydroxyl groups excluding tert-OH is 1. The second-order valence-corrected chi connectivity index (χ2v) is 8.11. The number of carbonyl (C=O) groups excluding carboxylic acids is 2. The molecule has 0 aliphatic carbocycles. The molecule has 0 unspecified atom stereocenters. The molecule has 1 aliphatic heterocycles. The molecule has 0 saturated carbocycles. The van der Waals surface area contributed by atoms with Crippen molar-refractivity contribution >= 4 is 17.5 Å². The zero-order chi connectivity index (χ0) is 25.2. The van der Waals surface area contributed by atoms with E-state index < -0.39 is 29.8 Å². The van der Waals surface area contributed by atoms with Gasteiger partial charge in [0.1, 0.15) is 18.5 Å². The fourth-order valence-electron chi connectivity index (χ4n) is 3.89. The number of ether oxygens (including phenoxy) is 1. The van der Waals surface area contributed by atoms with Gasteiger partial charge in [0.15, 0.2) is 0 Å². The molecule has 35 heavy (non-hydrogen) atoms. The molecule has 0 radical (unpaired) electrons. The first-order valence-electron chi connectivity index (χ1n) is 10.7. The molecule has 1 aromatic heterocycles. The Kier molecular flexibility index (Phi) is 6.90. The first-order valence-corrected chi connectivity index (χ1v) is 10.7. The number of benzene rings is 2. The van der Waals surface area contributed by atoms with Crippen LogP contribution in [0.4, 0.5) is 18.9 Å². The summed E-state index contributed by atoms with van der Waals surface area (Å²) in [4.78, 5) is 30.7. The summed E-state index contributed by atoms with van der Waals surface area (Å²) in [7, 11) is 1.82. The number of imidazole rings is 1. The van der Waals surface area contributed by atoms with Crippen molar-refractivity contribution < 1.29 is 32.6 Å². The summed E-state index contributed by atoms with van der Waals surface area (Å²) < 4.78 is 45.7. The highest BCUT2D eigenvalue weighted by molar-refractivity contribution is 6.04. The predicted molar refractivity (Wildman–Crippen MR) is 119 cm³/mol. The summed E-state index contributed by atoms with van der Waals surface area (Å²) in [6.45, 7) is -0.264. The smallest absolute Gasteiger partial charge is 0.394 e. The van der Waals surface area contributed by atoms with E-state index in [-0.39, 0.29) is 31.2 Å². The number of carbonyl (C=O) groups is 2. The van der Waals surface area contributed by atoms with Gasteiger partial charge >= 0.3 is 6.18 Å². The molecule has 0 spiro atoms. The van der Waals surface area contributed by atoms with Gasteiger partial charge in [-0.15, -0.1) is 0 Å². The van der Waals surface area contributed by atoms with Gasteiger partial charge in [-0.05, 0) is 42.0 Å². The monoisotopic (exact) mass is 488 g/mol. The van der Waals surface area contributed by atoms with E-state index in [1.165, 1.54) is 4.90 Å². The molecule has 1 saturated heterocycles. The van der Waals surface area contributed by atoms with Crippen LogP contribution >= 0.6 is 0 Å². The van der Waals surface area contributed by atoms with E-state index in [1.807, 2.05) is 7.05 Å². The van der Waals surface area contributed by atoms with E-state index in [1.54, 1.807) is 41.2 Å². The van der Waals surface area contributed by atoms with Gasteiger partial charge in [0.05, 0.1) is 24.8 Å². The van der Waals surface area contributed by atoms with Crippen LogP contribution in [0.25, 0.3) is 0 Å². The molecule has 1 fully saturated rings. The number of nitrogens with one attached hydrogen (secondary N) is 1. The lowest BCUT2D eigenvalue weighted by Gasteiger charge is -2.40. The van der Waals surface area contributed by atoms with E-state index in [0.29, 0.717) is 17.1 Å². The summed E-state index contributed by atoms with van der Waals surface area (Å²) in [5.74, 6) is -0.150. The van der Waals surface area contributed by atoms with Gasteiger partial charge in [0.2, 0.25) is 5.91 Å². The van der Waals surface area contributed by atoms with Crippen LogP contribution in [-0.2, 0) is 29.3 Å². The third-order valence-corrected chi connectivity index (χ3v) is 5.85. The van der Waals surface area contributed by atoms with Crippen molar-refractivity contribution in [1.29, 1.82) is 0 Å². The highest BCUT2D eigenvalue weighted by atomic mass is 19.4. The second kappa shape index (κ2) is 9.88. The van der Waals surface area contributed by atoms with Crippen molar-refractivity contribution in [1.82, 2.24) is 14.5 Å². The zero-order valence-corrected chi connectivity index (χ0v) is 18.7. The molecule has 3 aromatic rings. The quantitative estimate of drug-likeness (QED) is 0.556. The maximum absolute atomic E-state index is 12.7. The lowest BCUT2D eigenvalue weighted by atomic mass is 9.99. The SMILES string of the molecule is Cn1ccnc1CN1C(=O)CO[C@H](c2ccc(NC(=O)c3ccc(C(F)(F)F)cc3)cc2)[C@H]1CO. The van der Waals surface area contributed by atoms with E-state index in [4.69, 9.17) is 4.74 Å². The van der Waals surface area contributed by atoms with Crippen molar-refractivity contribution in [3.05, 3.63) is 83.4 Å². The molecule has 0 bridgehead atoms. The average molecular weight is 488 g/mol. The van der Waals surface area contributed by atoms with E-state index in [9.17, 15) is 27.9 Å². The second-order valence-electron chi connectivity index (χ2n) is 8.11. The number of aliphatic hydroxyl groups is 1. The highest BCUT2D eigenvalue weighted by Crippen LogP contribution is 2.31. The van der Waals surface area contributed by atoms with Gasteiger partial charge in [-0.2, -0.15) is 13.2 Å². The number of amides is 2. The fourth-order valence-corrected chi connectivity index (χ4v) is 3.89. The summed E-state index contributed by atoms with van der Waals surface area (Å²) in [6, 6.07) is 9.93. The Morgan fingerprint density at radius 2 is 1.86 bits per heavy atom. The van der Waals surface area contributed by atoms with Crippen LogP contribution in [0.15, 0.2) is 60.9 Å². The highest BCUT2D eigenvalue weighted by Gasteiger charge is 2.37. The van der Waals surface area contributed by atoms with Crippen LogP contribution < -0.4 is 5.32 Å². The van der Waals surface area contributed by atoms with Crippen molar-refractivity contribution in [2.24, 2.45) is 7.05 Å². The van der Waals surface area contributed by atoms with Gasteiger partial charge in [-0.25, -0.2) is 4.98 Å². The Balaban J connectivity index is 1.46. The fraction of sp³-hybridized carbons (Fsp3) is 0.292. The van der Waals surface area contributed by atoms with Crippen LogP contribution in [-0.4, -0.2) is 50.6 Å². The van der Waals surface area contributed by atoms with Crippen molar-refractivity contribution in [3.8, 4) is 0 Å². The molecule has 11 heteroatoms. The molecule has 2 atom stereocenters. The average Bonchev–Trinajstić information content (AvgIpc) is 3.24. The number of aromatic nitrogens is 2. The number of halogens is 3. The third kappa shape index (κ3) is 5.36. The number of alkyl halides is 3. The third-order valence-electron chi connectivity index (χ3n) is 5.85. The lowest BCUT2D eigenvalue weighted by Crippen LogP contribution is -2.52. The summed E-state index contributed by atoms with van der Waals surface area (Å²) in [5.41, 5.74) is 0.367. The van der Waals surface area contributed by atoms with Crippen molar-refractivity contribution in [3.63, 3.8) is 0 Å². The summed E-state index contributed by atoms with van der Waals surface area (Å²) >= 11 is 0. The minimum Gasteiger partial charge on any atom is -0.394 e. The molecule has 184 valence electrons. The zero-order valence-electron chi connectivity index (χ0n) is 18.7. The molecule has 2 heterocycles. The maximum atomic E-state index is 12.7. The van der Waals surface area contributed by atoms with Crippen molar-refractivity contribution in [2.45, 2.75) is 24.9 Å². The number of nitrogens with zero attached hydrogens (tertiary/aromatic N) is 3. The molecular formula is C24H23F3N4O4. The Bertz CT molecular complexity index is 1190. The number of hydrogen-bond acceptors (Lipinski definition) is 5. The van der Waals surface area contributed by atoms with Crippen LogP contribution in [0.3, 0.4) is 0 Å². The number of aryl methyl sites for hydroxylation is 1. The van der Waals surface area contributed by atoms with Crippen molar-refractivity contribution in [2.75, 3.05) is 18.5 Å². The standard InChI is InChI=1S/C24H23F3N4O4/c1-30-11-10-28-20(30)12-31-19(13-32)22(35-14-21(31)33)15-4-8-18(9-5-15)29-23(34)16-2-6-17(7-3-16)24(25,26)27/h2-11,19,22,32H,12-14H2,1H3,(H,29,34)/t19-,22-/m1/s1. The number of morpholine rings is 1. The number of anilines is 1. The maximum Gasteiger partial charge on any atom is 0.416 e. The Morgan fingerprint density at radius 3 is 2.43 bits per heavy atom. The van der Waals surface area contributed by atoms with E-state index >= 15 is 0 Å². The largest absolute Gasteiger partial charge is 0.416 e. The topological polar surface area (TPSA) is 96.7 Å². The number of hydrogen-bond donors (Lipinski definition) is 2. The molecule has 2 amide bonds. The molecule has 2 N–H and O–H groups in total. The summed E-state index contributed by atoms with van der Waals surface area (Å²) in [6.07, 6.45) is -1.68. The van der Waals surface area contributed by atoms with E-state index in [2.05, 4.69) is 10.3 Å². The van der Waals surface area contributed by atoms with Crippen LogP contribution in [0.5, 0.6) is 0 Å². The molecule has 1 aliphatic rings. The molecular weight excluding hydrogens is 465 g/mol. The van der Waals surface area contributed by atoms with Gasteiger partial charge < -0.3 is 24.6 Å². The van der Waals surface area contributed by atoms with Gasteiger partial charge in [-0.3, -0.25) is 9.59 Å². The normalized spacial score (nSPS) is 18.5. The predicted octanol–water partition coefficient (Wildman–Crippen LogP) is 3.15. The van der Waals surface area contributed by atoms with Gasteiger partial charge in [0, 0.05) is 30.7 Å². The van der Waals surface area contributed by atoms with E-state index in [0.717, 1.165) is 24.3 Å². The lowest BCUT2D eigenvalue weighted by molar-refractivity contribution is -0.162. The first-order chi connectivity index (χ1) is 16.7. The number of rotatable bonds is 6. The Labute approximate surface area is 199 Å². The Morgan fingerprint density at radius 1 is 1.17 bits per heavy atom. The van der Waals surface area contributed by atoms with Crippen LogP contribution in [0.2, 0.25) is 0 Å². The van der Waals surface area contributed by atoms with Crippen LogP contribution in [0, 0.1) is 0 Å². The van der Waals surface area contributed by atoms with Gasteiger partial charge in [0.25, 0.3) is 5.91 Å². The minimum absolute atomic E-state index is 0.0847. The first kappa shape index (κ1) is 24.4. The molecule has 4 rings (SSSR count). The Hall–Kier alpha value is -3.70. The summed E-state index contributed by atoms with van der Waals surface area (Å²) in [5, 5.41) is 12.7. The van der Waals surface area contributed by atoms with Crippen LogP contribution in [0.1, 0.15) is 33.4 Å². The minimum atomic E-state index is -4.48. The molecule has 8 nitrogen and oxygen atoms in total.